The summed E-state index contributed by atoms with van der Waals surface area (Å²) in [7, 11) is 1.32. The van der Waals surface area contributed by atoms with Crippen LogP contribution in [0.4, 0.5) is 20.2 Å². The van der Waals surface area contributed by atoms with Gasteiger partial charge in [0.15, 0.2) is 5.82 Å². The smallest absolute Gasteiger partial charge is 0.308 e. The first-order chi connectivity index (χ1) is 7.02. The molecule has 0 fully saturated rings. The topological polar surface area (TPSA) is 75.4 Å². The van der Waals surface area contributed by atoms with Crippen molar-refractivity contribution in [2.24, 2.45) is 0 Å². The Balaban J connectivity index is 3.51. The van der Waals surface area contributed by atoms with Crippen molar-refractivity contribution in [3.63, 3.8) is 0 Å². The molecule has 0 bridgehead atoms. The molecule has 0 radical (unpaired) electrons. The Labute approximate surface area is 83.5 Å². The molecule has 2 N–H and O–H groups in total. The molecule has 0 aliphatic rings. The van der Waals surface area contributed by atoms with Gasteiger partial charge < -0.3 is 10.4 Å². The van der Waals surface area contributed by atoms with Crippen molar-refractivity contribution in [1.82, 2.24) is 0 Å². The van der Waals surface area contributed by atoms with Gasteiger partial charge in [-0.2, -0.15) is 4.39 Å². The second kappa shape index (κ2) is 4.18. The molecule has 0 saturated carbocycles. The lowest BCUT2D eigenvalue weighted by Gasteiger charge is -2.09. The maximum atomic E-state index is 13.3. The third-order valence-corrected chi connectivity index (χ3v) is 1.90. The second-order valence-electron chi connectivity index (χ2n) is 2.71. The summed E-state index contributed by atoms with van der Waals surface area (Å²) in [5.41, 5.74) is -1.72. The monoisotopic (exact) mass is 218 g/mol. The van der Waals surface area contributed by atoms with Crippen LogP contribution in [0, 0.1) is 21.7 Å². The van der Waals surface area contributed by atoms with Crippen LogP contribution < -0.4 is 5.32 Å². The van der Waals surface area contributed by atoms with Crippen molar-refractivity contribution >= 4 is 11.4 Å². The molecule has 0 unspecified atom stereocenters. The molecule has 1 aromatic carbocycles. The number of rotatable bonds is 3. The Bertz CT molecular complexity index is 409. The molecular weight excluding hydrogens is 210 g/mol. The van der Waals surface area contributed by atoms with E-state index in [9.17, 15) is 18.9 Å². The first kappa shape index (κ1) is 11.3. The van der Waals surface area contributed by atoms with Crippen LogP contribution in [0.2, 0.25) is 0 Å². The Morgan fingerprint density at radius 3 is 2.60 bits per heavy atom. The summed E-state index contributed by atoms with van der Waals surface area (Å²) in [5.74, 6) is -2.21. The largest absolute Gasteiger partial charge is 0.391 e. The number of nitro groups is 1. The molecule has 0 aliphatic heterocycles. The van der Waals surface area contributed by atoms with E-state index < -0.39 is 34.4 Å². The van der Waals surface area contributed by atoms with E-state index in [1.807, 2.05) is 0 Å². The molecule has 0 atom stereocenters. The van der Waals surface area contributed by atoms with Crippen LogP contribution in [-0.4, -0.2) is 17.1 Å². The highest BCUT2D eigenvalue weighted by Gasteiger charge is 2.24. The maximum Gasteiger partial charge on any atom is 0.308 e. The van der Waals surface area contributed by atoms with E-state index in [4.69, 9.17) is 5.11 Å². The van der Waals surface area contributed by atoms with Gasteiger partial charge >= 0.3 is 5.69 Å². The molecule has 0 spiro atoms. The molecule has 5 nitrogen and oxygen atoms in total. The van der Waals surface area contributed by atoms with Crippen LogP contribution >= 0.6 is 0 Å². The van der Waals surface area contributed by atoms with Crippen LogP contribution in [0.5, 0.6) is 0 Å². The van der Waals surface area contributed by atoms with Crippen LogP contribution in [0.1, 0.15) is 5.56 Å². The number of aliphatic hydroxyl groups excluding tert-OH is 1. The van der Waals surface area contributed by atoms with Gasteiger partial charge in [-0.1, -0.05) is 0 Å². The molecule has 0 amide bonds. The summed E-state index contributed by atoms with van der Waals surface area (Å²) in [6, 6.07) is 0.473. The van der Waals surface area contributed by atoms with Gasteiger partial charge in [-0.15, -0.1) is 0 Å². The summed E-state index contributed by atoms with van der Waals surface area (Å²) in [4.78, 5) is 9.29. The highest BCUT2D eigenvalue weighted by Crippen LogP contribution is 2.29. The second-order valence-corrected chi connectivity index (χ2v) is 2.71. The molecule has 82 valence electrons. The maximum absolute atomic E-state index is 13.3. The fourth-order valence-corrected chi connectivity index (χ4v) is 1.22. The van der Waals surface area contributed by atoms with Gasteiger partial charge in [0.2, 0.25) is 5.82 Å². The van der Waals surface area contributed by atoms with Gasteiger partial charge in [-0.3, -0.25) is 10.1 Å². The molecule has 0 heterocycles. The predicted octanol–water partition coefficient (Wildman–Crippen LogP) is 1.41. The average Bonchev–Trinajstić information content (AvgIpc) is 2.19. The molecule has 0 aliphatic carbocycles. The van der Waals surface area contributed by atoms with Gasteiger partial charge in [-0.05, 0) is 0 Å². The summed E-state index contributed by atoms with van der Waals surface area (Å²) >= 11 is 0. The number of nitrogens with zero attached hydrogens (tertiary/aromatic N) is 1. The van der Waals surface area contributed by atoms with Gasteiger partial charge in [-0.25, -0.2) is 4.39 Å². The minimum atomic E-state index is -1.23. The number of anilines is 1. The van der Waals surface area contributed by atoms with Gasteiger partial charge in [0, 0.05) is 12.6 Å². The number of nitrogens with one attached hydrogen (secondary N) is 1. The Morgan fingerprint density at radius 2 is 2.20 bits per heavy atom. The van der Waals surface area contributed by atoms with Gasteiger partial charge in [0.05, 0.1) is 23.3 Å². The molecule has 15 heavy (non-hydrogen) atoms. The van der Waals surface area contributed by atoms with E-state index in [0.29, 0.717) is 6.07 Å². The predicted molar refractivity (Wildman–Crippen MR) is 48.5 cm³/mol. The summed E-state index contributed by atoms with van der Waals surface area (Å²) in [5, 5.41) is 21.5. The van der Waals surface area contributed by atoms with Gasteiger partial charge in [0.1, 0.15) is 0 Å². The first-order valence-electron chi connectivity index (χ1n) is 3.96. The van der Waals surface area contributed by atoms with Crippen molar-refractivity contribution in [3.8, 4) is 0 Å². The summed E-state index contributed by atoms with van der Waals surface area (Å²) in [6.45, 7) is -0.819. The highest BCUT2D eigenvalue weighted by atomic mass is 19.1. The minimum Gasteiger partial charge on any atom is -0.391 e. The van der Waals surface area contributed by atoms with E-state index in [0.717, 1.165) is 0 Å². The zero-order valence-electron chi connectivity index (χ0n) is 7.75. The lowest BCUT2D eigenvalue weighted by molar-refractivity contribution is -0.387. The number of hydrogen-bond acceptors (Lipinski definition) is 4. The number of hydrogen-bond donors (Lipinski definition) is 2. The van der Waals surface area contributed by atoms with E-state index in [1.165, 1.54) is 7.05 Å². The molecule has 0 aromatic heterocycles. The molecule has 7 heteroatoms. The van der Waals surface area contributed by atoms with Crippen molar-refractivity contribution < 1.29 is 18.8 Å². The van der Waals surface area contributed by atoms with Crippen molar-refractivity contribution in [2.75, 3.05) is 12.4 Å². The Kier molecular flexibility index (Phi) is 3.15. The van der Waals surface area contributed by atoms with E-state index >= 15 is 0 Å². The van der Waals surface area contributed by atoms with E-state index in [1.54, 1.807) is 0 Å². The molecule has 1 aromatic rings. The Hall–Kier alpha value is -1.76. The lowest BCUT2D eigenvalue weighted by Crippen LogP contribution is -2.05. The van der Waals surface area contributed by atoms with Crippen LogP contribution in [0.25, 0.3) is 0 Å². The zero-order valence-corrected chi connectivity index (χ0v) is 7.75. The summed E-state index contributed by atoms with van der Waals surface area (Å²) in [6.07, 6.45) is 0. The van der Waals surface area contributed by atoms with Gasteiger partial charge in [0.25, 0.3) is 0 Å². The van der Waals surface area contributed by atoms with Crippen LogP contribution in [-0.2, 0) is 6.61 Å². The van der Waals surface area contributed by atoms with Crippen LogP contribution in [0.3, 0.4) is 0 Å². The molecule has 1 rings (SSSR count). The number of benzene rings is 1. The minimum absolute atomic E-state index is 0.277. The normalized spacial score (nSPS) is 10.1. The van der Waals surface area contributed by atoms with Crippen molar-refractivity contribution in [2.45, 2.75) is 6.61 Å². The fourth-order valence-electron chi connectivity index (χ4n) is 1.22. The number of aliphatic hydroxyl groups is 1. The SMILES string of the molecule is CNc1c(F)cc([N+](=O)[O-])c(F)c1CO. The quantitative estimate of drug-likeness (QED) is 0.594. The molecule has 0 saturated heterocycles. The third-order valence-electron chi connectivity index (χ3n) is 1.90. The Morgan fingerprint density at radius 1 is 1.60 bits per heavy atom. The van der Waals surface area contributed by atoms with Crippen molar-refractivity contribution in [1.29, 1.82) is 0 Å². The number of halogens is 2. The average molecular weight is 218 g/mol. The van der Waals surface area contributed by atoms with Crippen LogP contribution in [0.15, 0.2) is 6.07 Å². The number of nitro benzene ring substituents is 1. The van der Waals surface area contributed by atoms with E-state index in [2.05, 4.69) is 5.32 Å². The standard InChI is InChI=1S/C8H8F2N2O3/c1-11-8-4(3-13)7(10)6(12(14)15)2-5(8)9/h2,11,13H,3H2,1H3. The van der Waals surface area contributed by atoms with Crippen molar-refractivity contribution in [3.05, 3.63) is 33.4 Å². The molecular formula is C8H8F2N2O3. The fraction of sp³-hybridized carbons (Fsp3) is 0.250. The summed E-state index contributed by atoms with van der Waals surface area (Å²) < 4.78 is 26.5. The third kappa shape index (κ3) is 1.86. The lowest BCUT2D eigenvalue weighted by atomic mass is 10.1. The zero-order chi connectivity index (χ0) is 11.6. The first-order valence-corrected chi connectivity index (χ1v) is 3.96. The highest BCUT2D eigenvalue weighted by molar-refractivity contribution is 5.57. The van der Waals surface area contributed by atoms with E-state index in [-0.39, 0.29) is 5.69 Å².